The van der Waals surface area contributed by atoms with E-state index in [2.05, 4.69) is 4.98 Å². The zero-order chi connectivity index (χ0) is 19.1. The molecule has 0 fully saturated rings. The number of Topliss-reactive ketones (excluding diaryl/α,β-unsaturated/α-hetero) is 1. The van der Waals surface area contributed by atoms with Gasteiger partial charge in [-0.05, 0) is 23.8 Å². The van der Waals surface area contributed by atoms with Gasteiger partial charge in [-0.15, -0.1) is 0 Å². The molecule has 1 aromatic carbocycles. The smallest absolute Gasteiger partial charge is 0.294 e. The van der Waals surface area contributed by atoms with E-state index < -0.39 is 17.7 Å². The molecule has 4 rings (SSSR count). The van der Waals surface area contributed by atoms with Crippen molar-refractivity contribution in [2.75, 3.05) is 11.7 Å². The number of ketones is 1. The van der Waals surface area contributed by atoms with E-state index in [1.54, 1.807) is 56.6 Å². The first-order chi connectivity index (χ1) is 13.0. The van der Waals surface area contributed by atoms with Gasteiger partial charge < -0.3 is 14.6 Å². The van der Waals surface area contributed by atoms with Crippen LogP contribution in [-0.2, 0) is 9.59 Å². The summed E-state index contributed by atoms with van der Waals surface area (Å²) in [5.41, 5.74) is 1.22. The fourth-order valence-electron chi connectivity index (χ4n) is 3.32. The molecule has 1 N–H and O–H groups in total. The molecule has 1 atom stereocenters. The Morgan fingerprint density at radius 1 is 1.26 bits per heavy atom. The predicted octanol–water partition coefficient (Wildman–Crippen LogP) is 2.94. The molecule has 0 radical (unpaired) electrons. The van der Waals surface area contributed by atoms with Crippen molar-refractivity contribution in [3.63, 3.8) is 0 Å². The van der Waals surface area contributed by atoms with Gasteiger partial charge in [0.15, 0.2) is 23.0 Å². The molecule has 0 bridgehead atoms. The van der Waals surface area contributed by atoms with Crippen molar-refractivity contribution < 1.29 is 24.2 Å². The van der Waals surface area contributed by atoms with Crippen LogP contribution in [-0.4, -0.2) is 28.6 Å². The molecule has 0 saturated heterocycles. The first-order valence-corrected chi connectivity index (χ1v) is 8.59. The van der Waals surface area contributed by atoms with Gasteiger partial charge in [0.1, 0.15) is 0 Å². The van der Waals surface area contributed by atoms with Crippen LogP contribution < -0.4 is 14.4 Å². The van der Waals surface area contributed by atoms with E-state index in [-0.39, 0.29) is 24.1 Å². The van der Waals surface area contributed by atoms with Gasteiger partial charge in [0.05, 0.1) is 11.6 Å². The summed E-state index contributed by atoms with van der Waals surface area (Å²) in [6.07, 6.45) is 3.20. The molecule has 2 aromatic rings. The lowest BCUT2D eigenvalue weighted by atomic mass is 9.92. The summed E-state index contributed by atoms with van der Waals surface area (Å²) in [4.78, 5) is 31.2. The first-order valence-electron chi connectivity index (χ1n) is 8.59. The maximum absolute atomic E-state index is 12.9. The van der Waals surface area contributed by atoms with Gasteiger partial charge in [-0.2, -0.15) is 0 Å². The highest BCUT2D eigenvalue weighted by Gasteiger charge is 2.45. The van der Waals surface area contributed by atoms with Gasteiger partial charge >= 0.3 is 0 Å². The van der Waals surface area contributed by atoms with Crippen LogP contribution >= 0.6 is 0 Å². The molecule has 2 aliphatic rings. The Kier molecular flexibility index (Phi) is 4.07. The lowest BCUT2D eigenvalue weighted by Crippen LogP contribution is -2.31. The third-order valence-electron chi connectivity index (χ3n) is 4.63. The van der Waals surface area contributed by atoms with Crippen molar-refractivity contribution in [2.24, 2.45) is 5.92 Å². The highest BCUT2D eigenvalue weighted by Crippen LogP contribution is 2.44. The summed E-state index contributed by atoms with van der Waals surface area (Å²) in [7, 11) is 0. The molecule has 7 nitrogen and oxygen atoms in total. The number of amides is 1. The molecule has 1 amide bonds. The number of aliphatic hydroxyl groups excluding tert-OH is 1. The van der Waals surface area contributed by atoms with Crippen molar-refractivity contribution in [1.82, 2.24) is 4.98 Å². The number of carbonyl (C=O) groups excluding carboxylic acids is 2. The van der Waals surface area contributed by atoms with Gasteiger partial charge in [0, 0.05) is 30.1 Å². The zero-order valence-corrected chi connectivity index (χ0v) is 14.9. The second kappa shape index (κ2) is 6.42. The summed E-state index contributed by atoms with van der Waals surface area (Å²) in [6.45, 7) is 3.58. The van der Waals surface area contributed by atoms with E-state index in [0.717, 1.165) is 0 Å². The summed E-state index contributed by atoms with van der Waals surface area (Å²) in [6, 6.07) is 7.80. The van der Waals surface area contributed by atoms with Crippen LogP contribution in [0, 0.1) is 5.92 Å². The largest absolute Gasteiger partial charge is 0.503 e. The van der Waals surface area contributed by atoms with Gasteiger partial charge in [-0.25, -0.2) is 0 Å². The molecule has 1 unspecified atom stereocenters. The fraction of sp³-hybridized carbons (Fsp3) is 0.250. The molecule has 3 heterocycles. The van der Waals surface area contributed by atoms with Crippen molar-refractivity contribution in [2.45, 2.75) is 19.9 Å². The van der Waals surface area contributed by atoms with E-state index >= 15 is 0 Å². The molecule has 0 spiro atoms. The van der Waals surface area contributed by atoms with Gasteiger partial charge in [0.25, 0.3) is 5.91 Å². The molecule has 1 aromatic heterocycles. The maximum Gasteiger partial charge on any atom is 0.294 e. The molecular weight excluding hydrogens is 348 g/mol. The quantitative estimate of drug-likeness (QED) is 0.895. The Morgan fingerprint density at radius 2 is 2.04 bits per heavy atom. The number of aromatic nitrogens is 1. The normalized spacial score (nSPS) is 18.6. The lowest BCUT2D eigenvalue weighted by Gasteiger charge is -2.27. The van der Waals surface area contributed by atoms with Crippen LogP contribution in [0.3, 0.4) is 0 Å². The molecule has 7 heteroatoms. The van der Waals surface area contributed by atoms with Crippen molar-refractivity contribution in [1.29, 1.82) is 0 Å². The van der Waals surface area contributed by atoms with Gasteiger partial charge in [0.2, 0.25) is 6.79 Å². The minimum Gasteiger partial charge on any atom is -0.503 e. The topological polar surface area (TPSA) is 89.0 Å². The SMILES string of the molecule is CC(C)C(=O)C1=C(O)C(=O)N(c2ccc3c(c2)OCO3)C1c1cccnc1. The van der Waals surface area contributed by atoms with Crippen LogP contribution in [0.25, 0.3) is 0 Å². The average Bonchev–Trinajstić information content (AvgIpc) is 3.24. The Balaban J connectivity index is 1.86. The molecular formula is C20H18N2O5. The van der Waals surface area contributed by atoms with E-state index in [9.17, 15) is 14.7 Å². The number of hydrogen-bond donors (Lipinski definition) is 1. The van der Waals surface area contributed by atoms with Crippen molar-refractivity contribution >= 4 is 17.4 Å². The fourth-order valence-corrected chi connectivity index (χ4v) is 3.32. The Hall–Kier alpha value is -3.35. The van der Waals surface area contributed by atoms with Crippen LogP contribution in [0.4, 0.5) is 5.69 Å². The Bertz CT molecular complexity index is 952. The summed E-state index contributed by atoms with van der Waals surface area (Å²) in [5.74, 6) is -0.719. The number of pyridine rings is 1. The minimum absolute atomic E-state index is 0.0840. The van der Waals surface area contributed by atoms with E-state index in [4.69, 9.17) is 9.47 Å². The van der Waals surface area contributed by atoms with E-state index in [1.165, 1.54) is 4.90 Å². The highest BCUT2D eigenvalue weighted by atomic mass is 16.7. The minimum atomic E-state index is -0.763. The monoisotopic (exact) mass is 366 g/mol. The Labute approximate surface area is 155 Å². The van der Waals surface area contributed by atoms with Gasteiger partial charge in [-0.3, -0.25) is 19.5 Å². The summed E-state index contributed by atoms with van der Waals surface area (Å²) < 4.78 is 10.7. The second-order valence-corrected chi connectivity index (χ2v) is 6.68. The molecule has 138 valence electrons. The van der Waals surface area contributed by atoms with Crippen LogP contribution in [0.2, 0.25) is 0 Å². The van der Waals surface area contributed by atoms with E-state index in [0.29, 0.717) is 22.7 Å². The highest BCUT2D eigenvalue weighted by molar-refractivity contribution is 6.16. The van der Waals surface area contributed by atoms with Crippen LogP contribution in [0.1, 0.15) is 25.5 Å². The number of nitrogens with zero attached hydrogens (tertiary/aromatic N) is 2. The first kappa shape index (κ1) is 17.1. The maximum atomic E-state index is 12.9. The zero-order valence-electron chi connectivity index (χ0n) is 14.9. The van der Waals surface area contributed by atoms with Crippen LogP contribution in [0.15, 0.2) is 54.1 Å². The summed E-state index contributed by atoms with van der Waals surface area (Å²) in [5, 5.41) is 10.5. The van der Waals surface area contributed by atoms with E-state index in [1.807, 2.05) is 0 Å². The number of ether oxygens (including phenoxy) is 2. The standard InChI is InChI=1S/C20H18N2O5/c1-11(2)18(23)16-17(12-4-3-7-21-9-12)22(20(25)19(16)24)13-5-6-14-15(8-13)27-10-26-14/h3-9,11,17,24H,10H2,1-2H3. The predicted molar refractivity (Wildman–Crippen MR) is 96.5 cm³/mol. The molecule has 27 heavy (non-hydrogen) atoms. The third-order valence-corrected chi connectivity index (χ3v) is 4.63. The van der Waals surface area contributed by atoms with Gasteiger partial charge in [-0.1, -0.05) is 19.9 Å². The van der Waals surface area contributed by atoms with Crippen LogP contribution in [0.5, 0.6) is 11.5 Å². The number of anilines is 1. The second-order valence-electron chi connectivity index (χ2n) is 6.68. The number of fused-ring (bicyclic) bond motifs is 1. The Morgan fingerprint density at radius 3 is 2.74 bits per heavy atom. The molecule has 0 aliphatic carbocycles. The van der Waals surface area contributed by atoms with Crippen molar-refractivity contribution in [3.05, 3.63) is 59.6 Å². The lowest BCUT2D eigenvalue weighted by molar-refractivity contribution is -0.119. The number of rotatable bonds is 4. The number of carbonyl (C=O) groups is 2. The third kappa shape index (κ3) is 2.71. The summed E-state index contributed by atoms with van der Waals surface area (Å²) >= 11 is 0. The molecule has 2 aliphatic heterocycles. The average molecular weight is 366 g/mol. The van der Waals surface area contributed by atoms with Crippen molar-refractivity contribution in [3.8, 4) is 11.5 Å². The number of hydrogen-bond acceptors (Lipinski definition) is 6. The number of aliphatic hydroxyl groups is 1. The molecule has 0 saturated carbocycles. The number of benzene rings is 1.